The lowest BCUT2D eigenvalue weighted by atomic mass is 10.0. The molecule has 0 bridgehead atoms. The zero-order chi connectivity index (χ0) is 53.6. The molecule has 5 amide bonds. The van der Waals surface area contributed by atoms with Gasteiger partial charge in [-0.1, -0.05) is 6.08 Å². The summed E-state index contributed by atoms with van der Waals surface area (Å²) in [7, 11) is 1.56. The quantitative estimate of drug-likeness (QED) is 0.0473. The predicted octanol–water partition coefficient (Wildman–Crippen LogP) is 11.9. The fourth-order valence-corrected chi connectivity index (χ4v) is 9.61. The van der Waals surface area contributed by atoms with Crippen molar-refractivity contribution in [2.45, 2.75) is 71.4 Å². The maximum Gasteiger partial charge on any atom is 0.416 e. The monoisotopic (exact) mass is 1060 g/mol. The molecule has 0 atom stereocenters. The van der Waals surface area contributed by atoms with Crippen LogP contribution in [0.3, 0.4) is 0 Å². The number of benzene rings is 3. The summed E-state index contributed by atoms with van der Waals surface area (Å²) in [4.78, 5) is 81.1. The highest BCUT2D eigenvalue weighted by Crippen LogP contribution is 2.45. The molecule has 3 aliphatic heterocycles. The van der Waals surface area contributed by atoms with Gasteiger partial charge in [0.2, 0.25) is 17.7 Å². The van der Waals surface area contributed by atoms with Crippen molar-refractivity contribution in [3.05, 3.63) is 124 Å². The number of hydrogen-bond donors (Lipinski definition) is 0. The number of likely N-dealkylation sites (N-methyl/N-ethyl adjacent to an activating group) is 1. The third-order valence-electron chi connectivity index (χ3n) is 11.5. The fraction of sp³-hybridized carbons (Fsp3) is 0.320. The van der Waals surface area contributed by atoms with Crippen molar-refractivity contribution in [1.29, 1.82) is 0 Å². The first kappa shape index (κ1) is 55.5. The molecule has 12 nitrogen and oxygen atoms in total. The van der Waals surface area contributed by atoms with E-state index in [0.29, 0.717) is 47.4 Å². The number of unbranched alkanes of at least 4 members (excludes halogenated alkanes) is 1. The van der Waals surface area contributed by atoms with E-state index in [4.69, 9.17) is 4.74 Å². The van der Waals surface area contributed by atoms with Crippen molar-refractivity contribution in [1.82, 2.24) is 0 Å². The van der Waals surface area contributed by atoms with Crippen LogP contribution in [-0.4, -0.2) is 68.7 Å². The number of Topliss-reactive ketones (excluding diaryl/α,β-unsaturated/α-hetero) is 1. The van der Waals surface area contributed by atoms with Gasteiger partial charge >= 0.3 is 18.5 Å². The number of amides is 5. The van der Waals surface area contributed by atoms with E-state index in [2.05, 4.69) is 0 Å². The van der Waals surface area contributed by atoms with Crippen LogP contribution in [0, 0.1) is 0 Å². The average molecular weight is 1060 g/mol. The lowest BCUT2D eigenvalue weighted by Crippen LogP contribution is -2.34. The first-order valence-corrected chi connectivity index (χ1v) is 24.2. The number of halogens is 9. The largest absolute Gasteiger partial charge is 0.416 e. The number of fused-ring (bicyclic) bond motifs is 3. The number of ketones is 1. The second kappa shape index (κ2) is 22.9. The van der Waals surface area contributed by atoms with Gasteiger partial charge in [0.05, 0.1) is 45.9 Å². The van der Waals surface area contributed by atoms with E-state index in [1.165, 1.54) is 65.4 Å². The van der Waals surface area contributed by atoms with Gasteiger partial charge in [0.25, 0.3) is 11.8 Å². The van der Waals surface area contributed by atoms with Crippen molar-refractivity contribution in [2.75, 3.05) is 57.9 Å². The highest BCUT2D eigenvalue weighted by molar-refractivity contribution is 7.14. The van der Waals surface area contributed by atoms with Gasteiger partial charge < -0.3 is 19.4 Å². The first-order chi connectivity index (χ1) is 34.4. The summed E-state index contributed by atoms with van der Waals surface area (Å²) in [6.07, 6.45) is -11.8. The molecule has 0 N–H and O–H groups in total. The molecule has 0 unspecified atom stereocenters. The number of methoxy groups -OCH3 is 1. The maximum absolute atomic E-state index is 13.4. The zero-order valence-corrected chi connectivity index (χ0v) is 41.0. The van der Waals surface area contributed by atoms with Crippen LogP contribution in [0.25, 0.3) is 0 Å². The Morgan fingerprint density at radius 1 is 0.534 bits per heavy atom. The third kappa shape index (κ3) is 12.5. The Morgan fingerprint density at radius 3 is 1.49 bits per heavy atom. The van der Waals surface area contributed by atoms with Crippen LogP contribution in [0.2, 0.25) is 0 Å². The van der Waals surface area contributed by atoms with Crippen molar-refractivity contribution in [3.8, 4) is 0 Å². The van der Waals surface area contributed by atoms with Crippen LogP contribution in [0.5, 0.6) is 0 Å². The predicted molar refractivity (Wildman–Crippen MR) is 258 cm³/mol. The molecule has 5 heterocycles. The molecule has 388 valence electrons. The van der Waals surface area contributed by atoms with Gasteiger partial charge in [-0.15, -0.1) is 22.7 Å². The molecular weight excluding hydrogens is 1020 g/mol. The van der Waals surface area contributed by atoms with Crippen molar-refractivity contribution < 1.29 is 73.0 Å². The SMILES string of the molecule is CCN1C(=O)/C(=C/CCCOC)C(=O)N(c2cccs2)c2cc(C(F)(F)F)ccc21.CCN1C(=O)CC(=O)Cc2cc(C(F)(F)F)ccc21.CCN1C(=O)CC(=O)N(c2cccs2)c2cc(C(F)(F)F)ccc21. The average Bonchev–Trinajstić information content (AvgIpc) is 4.01. The Morgan fingerprint density at radius 2 is 1.00 bits per heavy atom. The minimum atomic E-state index is -4.58. The van der Waals surface area contributed by atoms with Gasteiger partial charge in [-0.2, -0.15) is 39.5 Å². The minimum absolute atomic E-state index is 0.0350. The Bertz CT molecular complexity index is 2880. The first-order valence-electron chi connectivity index (χ1n) is 22.4. The lowest BCUT2D eigenvalue weighted by Gasteiger charge is -2.25. The van der Waals surface area contributed by atoms with Crippen LogP contribution in [0.1, 0.15) is 68.7 Å². The van der Waals surface area contributed by atoms with E-state index in [1.807, 2.05) is 0 Å². The van der Waals surface area contributed by atoms with E-state index in [-0.39, 0.29) is 72.2 Å². The number of ether oxygens (including phenoxy) is 1. The zero-order valence-electron chi connectivity index (χ0n) is 39.4. The standard InChI is InChI=1S/C21H21F3N2O3S.C16H13F3N2O2S.C13H12F3NO2/c1-3-25-16-10-9-14(21(22,23)24)13-17(16)26(18-8-6-12-30-18)20(28)15(19(25)27)7-4-5-11-29-2;1-2-20-11-6-5-10(16(17,18)19)8-12(11)21(14(23)9-13(20)22)15-4-3-7-24-15;1-2-17-11-4-3-9(13(14,15)16)5-8(11)6-10(18)7-12(17)19/h6-10,12-13H,3-5,11H2,1-2H3;3-8H,2,9H2,1H3;3-5H,2,6-7H2,1H3/b15-7-;;. The van der Waals surface area contributed by atoms with Crippen molar-refractivity contribution in [2.24, 2.45) is 0 Å². The summed E-state index contributed by atoms with van der Waals surface area (Å²) in [6, 6.07) is 16.0. The molecule has 23 heteroatoms. The van der Waals surface area contributed by atoms with Crippen LogP contribution in [0.15, 0.2) is 101 Å². The number of thiophene rings is 2. The summed E-state index contributed by atoms with van der Waals surface area (Å²) in [6.45, 7) is 6.41. The summed E-state index contributed by atoms with van der Waals surface area (Å²) in [5, 5.41) is 4.36. The van der Waals surface area contributed by atoms with Crippen LogP contribution in [0.4, 0.5) is 78.0 Å². The third-order valence-corrected chi connectivity index (χ3v) is 13.2. The van der Waals surface area contributed by atoms with Gasteiger partial charge in [-0.3, -0.25) is 38.6 Å². The number of alkyl halides is 9. The Labute approximate surface area is 420 Å². The van der Waals surface area contributed by atoms with Gasteiger partial charge in [0.1, 0.15) is 27.8 Å². The molecule has 73 heavy (non-hydrogen) atoms. The van der Waals surface area contributed by atoms with Gasteiger partial charge in [0.15, 0.2) is 0 Å². The highest BCUT2D eigenvalue weighted by Gasteiger charge is 2.41. The molecule has 5 aromatic rings. The molecule has 3 aromatic carbocycles. The molecule has 0 saturated carbocycles. The Kier molecular flexibility index (Phi) is 17.4. The van der Waals surface area contributed by atoms with E-state index < -0.39 is 58.8 Å². The molecule has 0 spiro atoms. The smallest absolute Gasteiger partial charge is 0.385 e. The molecule has 0 aliphatic carbocycles. The van der Waals surface area contributed by atoms with Crippen LogP contribution < -0.4 is 24.5 Å². The topological polar surface area (TPSA) is 128 Å². The van der Waals surface area contributed by atoms with Gasteiger partial charge in [0, 0.05) is 45.5 Å². The highest BCUT2D eigenvalue weighted by atomic mass is 32.1. The van der Waals surface area contributed by atoms with E-state index in [0.717, 1.165) is 36.4 Å². The number of anilines is 7. The van der Waals surface area contributed by atoms with Crippen LogP contribution in [-0.2, 0) is 58.5 Å². The summed E-state index contributed by atoms with van der Waals surface area (Å²) < 4.78 is 122. The molecule has 3 aliphatic rings. The summed E-state index contributed by atoms with van der Waals surface area (Å²) >= 11 is 2.43. The van der Waals surface area contributed by atoms with Crippen LogP contribution >= 0.6 is 22.7 Å². The Hall–Kier alpha value is -6.85. The second-order valence-corrected chi connectivity index (χ2v) is 18.0. The Balaban J connectivity index is 0.000000183. The summed E-state index contributed by atoms with van der Waals surface area (Å²) in [5.74, 6) is -2.87. The molecule has 2 aromatic heterocycles. The molecular formula is C50H46F9N5O7S2. The number of carbonyl (C=O) groups is 6. The summed E-state index contributed by atoms with van der Waals surface area (Å²) in [5.41, 5.74) is -1.29. The number of hydrogen-bond acceptors (Lipinski definition) is 9. The number of carbonyl (C=O) groups excluding carboxylic acids is 6. The van der Waals surface area contributed by atoms with E-state index in [9.17, 15) is 68.3 Å². The molecule has 8 rings (SSSR count). The van der Waals surface area contributed by atoms with E-state index in [1.54, 1.807) is 69.0 Å². The van der Waals surface area contributed by atoms with Crippen molar-refractivity contribution >= 4 is 96.4 Å². The number of rotatable bonds is 9. The maximum atomic E-state index is 13.4. The molecule has 0 radical (unpaired) electrons. The fourth-order valence-electron chi connectivity index (χ4n) is 8.11. The minimum Gasteiger partial charge on any atom is -0.385 e. The van der Waals surface area contributed by atoms with Gasteiger partial charge in [-0.25, -0.2) is 0 Å². The number of nitrogens with zero attached hydrogens (tertiary/aromatic N) is 5. The normalized spacial score (nSPS) is 16.0. The lowest BCUT2D eigenvalue weighted by molar-refractivity contribution is -0.138. The van der Waals surface area contributed by atoms with Crippen molar-refractivity contribution in [3.63, 3.8) is 0 Å². The molecule has 0 saturated heterocycles. The van der Waals surface area contributed by atoms with Gasteiger partial charge in [-0.05, 0) is 129 Å². The van der Waals surface area contributed by atoms with E-state index >= 15 is 0 Å². The second-order valence-electron chi connectivity index (χ2n) is 16.2. The molecule has 0 fully saturated rings. The number of allylic oxidation sites excluding steroid dienone is 1.